The van der Waals surface area contributed by atoms with E-state index in [1.54, 1.807) is 0 Å². The van der Waals surface area contributed by atoms with Gasteiger partial charge in [0.2, 0.25) is 0 Å². The van der Waals surface area contributed by atoms with Crippen molar-refractivity contribution < 1.29 is 4.74 Å². The van der Waals surface area contributed by atoms with Crippen LogP contribution >= 0.6 is 0 Å². The molecule has 0 bridgehead atoms. The summed E-state index contributed by atoms with van der Waals surface area (Å²) in [7, 11) is 2.02. The Kier molecular flexibility index (Phi) is 4.22. The number of pyridine rings is 1. The van der Waals surface area contributed by atoms with Crippen LogP contribution in [0.3, 0.4) is 0 Å². The number of rotatable bonds is 5. The molecule has 0 saturated heterocycles. The fraction of sp³-hybridized carbons (Fsp3) is 0.400. The second-order valence-electron chi connectivity index (χ2n) is 4.96. The molecule has 4 nitrogen and oxygen atoms in total. The molecule has 2 rings (SSSR count). The van der Waals surface area contributed by atoms with Crippen molar-refractivity contribution in [3.8, 4) is 0 Å². The van der Waals surface area contributed by atoms with Crippen molar-refractivity contribution in [3.63, 3.8) is 0 Å². The van der Waals surface area contributed by atoms with E-state index in [-0.39, 0.29) is 6.10 Å². The molecule has 4 heteroatoms. The van der Waals surface area contributed by atoms with Crippen molar-refractivity contribution in [2.45, 2.75) is 20.0 Å². The average molecular weight is 259 g/mol. The summed E-state index contributed by atoms with van der Waals surface area (Å²) in [5, 5.41) is 1.07. The van der Waals surface area contributed by atoms with Gasteiger partial charge in [0.1, 0.15) is 5.82 Å². The molecule has 0 amide bonds. The van der Waals surface area contributed by atoms with Crippen LogP contribution in [0.15, 0.2) is 30.3 Å². The third kappa shape index (κ3) is 3.58. The fourth-order valence-corrected chi connectivity index (χ4v) is 1.89. The molecule has 0 aliphatic rings. The molecule has 0 radical (unpaired) electrons. The fourth-order valence-electron chi connectivity index (χ4n) is 1.89. The van der Waals surface area contributed by atoms with Crippen LogP contribution in [0.25, 0.3) is 10.9 Å². The number of aromatic nitrogens is 1. The van der Waals surface area contributed by atoms with Gasteiger partial charge in [0, 0.05) is 24.7 Å². The number of benzene rings is 1. The Bertz CT molecular complexity index is 554. The Morgan fingerprint density at radius 1 is 1.26 bits per heavy atom. The van der Waals surface area contributed by atoms with E-state index in [0.717, 1.165) is 29.0 Å². The lowest BCUT2D eigenvalue weighted by Crippen LogP contribution is -2.24. The summed E-state index contributed by atoms with van der Waals surface area (Å²) in [6.45, 7) is 5.61. The quantitative estimate of drug-likeness (QED) is 0.839. The molecule has 0 fully saturated rings. The molecule has 0 aliphatic heterocycles. The molecule has 0 atom stereocenters. The predicted octanol–water partition coefficient (Wildman–Crippen LogP) is 2.68. The number of anilines is 2. The molecule has 102 valence electrons. The summed E-state index contributed by atoms with van der Waals surface area (Å²) in [6, 6.07) is 9.83. The summed E-state index contributed by atoms with van der Waals surface area (Å²) in [5.41, 5.74) is 7.49. The minimum atomic E-state index is 0.265. The van der Waals surface area contributed by atoms with Crippen molar-refractivity contribution in [2.75, 3.05) is 30.8 Å². The lowest BCUT2D eigenvalue weighted by atomic mass is 10.2. The van der Waals surface area contributed by atoms with Gasteiger partial charge in [-0.25, -0.2) is 4.98 Å². The standard InChI is InChI=1S/C15H21N3O/c1-11(2)19-9-8-18(3)15-7-4-12-10-13(16)5-6-14(12)17-15/h4-7,10-11H,8-9,16H2,1-3H3. The number of nitrogen functional groups attached to an aromatic ring is 1. The van der Waals surface area contributed by atoms with Gasteiger partial charge in [0.05, 0.1) is 18.2 Å². The molecule has 0 saturated carbocycles. The van der Waals surface area contributed by atoms with E-state index in [1.165, 1.54) is 0 Å². The van der Waals surface area contributed by atoms with Gasteiger partial charge in [-0.3, -0.25) is 0 Å². The molecule has 0 unspecified atom stereocenters. The van der Waals surface area contributed by atoms with E-state index in [2.05, 4.69) is 9.88 Å². The highest BCUT2D eigenvalue weighted by Gasteiger charge is 2.04. The number of fused-ring (bicyclic) bond motifs is 1. The zero-order valence-electron chi connectivity index (χ0n) is 11.8. The van der Waals surface area contributed by atoms with Gasteiger partial charge in [-0.1, -0.05) is 0 Å². The Balaban J connectivity index is 2.09. The van der Waals surface area contributed by atoms with E-state index in [9.17, 15) is 0 Å². The zero-order valence-corrected chi connectivity index (χ0v) is 11.8. The molecule has 0 spiro atoms. The van der Waals surface area contributed by atoms with Crippen molar-refractivity contribution in [1.82, 2.24) is 4.98 Å². The third-order valence-electron chi connectivity index (χ3n) is 2.97. The third-order valence-corrected chi connectivity index (χ3v) is 2.97. The van der Waals surface area contributed by atoms with E-state index in [0.29, 0.717) is 6.61 Å². The van der Waals surface area contributed by atoms with Crippen LogP contribution in [0.2, 0.25) is 0 Å². The van der Waals surface area contributed by atoms with Crippen molar-refractivity contribution in [1.29, 1.82) is 0 Å². The highest BCUT2D eigenvalue weighted by atomic mass is 16.5. The second-order valence-corrected chi connectivity index (χ2v) is 4.96. The first kappa shape index (κ1) is 13.6. The second kappa shape index (κ2) is 5.89. The van der Waals surface area contributed by atoms with Gasteiger partial charge in [-0.05, 0) is 44.2 Å². The zero-order chi connectivity index (χ0) is 13.8. The maximum atomic E-state index is 5.76. The number of ether oxygens (including phenoxy) is 1. The van der Waals surface area contributed by atoms with Gasteiger partial charge in [-0.15, -0.1) is 0 Å². The van der Waals surface area contributed by atoms with Gasteiger partial charge >= 0.3 is 0 Å². The van der Waals surface area contributed by atoms with E-state index in [4.69, 9.17) is 10.5 Å². The van der Waals surface area contributed by atoms with Crippen LogP contribution in [-0.2, 0) is 4.74 Å². The molecule has 19 heavy (non-hydrogen) atoms. The first-order chi connectivity index (χ1) is 9.06. The summed E-state index contributed by atoms with van der Waals surface area (Å²) in [6.07, 6.45) is 0.265. The van der Waals surface area contributed by atoms with Crippen LogP contribution in [0, 0.1) is 0 Å². The number of nitrogens with two attached hydrogens (primary N) is 1. The predicted molar refractivity (Wildman–Crippen MR) is 80.5 cm³/mol. The Morgan fingerprint density at radius 2 is 2.05 bits per heavy atom. The SMILES string of the molecule is CC(C)OCCN(C)c1ccc2cc(N)ccc2n1. The van der Waals surface area contributed by atoms with Gasteiger partial charge < -0.3 is 15.4 Å². The maximum absolute atomic E-state index is 5.76. The topological polar surface area (TPSA) is 51.4 Å². The molecule has 1 aromatic carbocycles. The van der Waals surface area contributed by atoms with Gasteiger partial charge in [0.25, 0.3) is 0 Å². The normalized spacial score (nSPS) is 11.2. The van der Waals surface area contributed by atoms with Crippen LogP contribution in [0.1, 0.15) is 13.8 Å². The summed E-state index contributed by atoms with van der Waals surface area (Å²) in [4.78, 5) is 6.72. The summed E-state index contributed by atoms with van der Waals surface area (Å²) >= 11 is 0. The van der Waals surface area contributed by atoms with Crippen LogP contribution < -0.4 is 10.6 Å². The Morgan fingerprint density at radius 3 is 2.79 bits per heavy atom. The first-order valence-corrected chi connectivity index (χ1v) is 6.55. The van der Waals surface area contributed by atoms with Crippen LogP contribution in [-0.4, -0.2) is 31.3 Å². The lowest BCUT2D eigenvalue weighted by molar-refractivity contribution is 0.0845. The molecule has 2 N–H and O–H groups in total. The van der Waals surface area contributed by atoms with Crippen molar-refractivity contribution >= 4 is 22.4 Å². The largest absolute Gasteiger partial charge is 0.399 e. The lowest BCUT2D eigenvalue weighted by Gasteiger charge is -2.19. The maximum Gasteiger partial charge on any atom is 0.129 e. The van der Waals surface area contributed by atoms with E-state index >= 15 is 0 Å². The minimum Gasteiger partial charge on any atom is -0.399 e. The Hall–Kier alpha value is -1.81. The van der Waals surface area contributed by atoms with Gasteiger partial charge in [0.15, 0.2) is 0 Å². The number of nitrogens with zero attached hydrogens (tertiary/aromatic N) is 2. The monoisotopic (exact) mass is 259 g/mol. The number of hydrogen-bond donors (Lipinski definition) is 1. The molecular weight excluding hydrogens is 238 g/mol. The smallest absolute Gasteiger partial charge is 0.129 e. The summed E-state index contributed by atoms with van der Waals surface area (Å²) in [5.74, 6) is 0.949. The van der Waals surface area contributed by atoms with E-state index in [1.807, 2.05) is 51.2 Å². The molecule has 1 heterocycles. The van der Waals surface area contributed by atoms with Crippen molar-refractivity contribution in [3.05, 3.63) is 30.3 Å². The van der Waals surface area contributed by atoms with E-state index < -0.39 is 0 Å². The van der Waals surface area contributed by atoms with Gasteiger partial charge in [-0.2, -0.15) is 0 Å². The molecule has 2 aromatic rings. The Labute approximate surface area is 114 Å². The summed E-state index contributed by atoms with van der Waals surface area (Å²) < 4.78 is 5.55. The highest BCUT2D eigenvalue weighted by Crippen LogP contribution is 2.19. The number of likely N-dealkylation sites (N-methyl/N-ethyl adjacent to an activating group) is 1. The molecule has 0 aliphatic carbocycles. The van der Waals surface area contributed by atoms with Crippen molar-refractivity contribution in [2.24, 2.45) is 0 Å². The number of hydrogen-bond acceptors (Lipinski definition) is 4. The molecular formula is C15H21N3O. The van der Waals surface area contributed by atoms with Crippen LogP contribution in [0.4, 0.5) is 11.5 Å². The minimum absolute atomic E-state index is 0.265. The first-order valence-electron chi connectivity index (χ1n) is 6.55. The molecule has 1 aromatic heterocycles. The average Bonchev–Trinajstić information content (AvgIpc) is 2.37. The van der Waals surface area contributed by atoms with Crippen LogP contribution in [0.5, 0.6) is 0 Å². The highest BCUT2D eigenvalue weighted by molar-refractivity contribution is 5.83.